The molecule has 5 nitrogen and oxygen atoms in total. The molecule has 0 aromatic carbocycles. The van der Waals surface area contributed by atoms with Crippen molar-refractivity contribution in [2.24, 2.45) is 0 Å². The van der Waals surface area contributed by atoms with Gasteiger partial charge in [-0.25, -0.2) is 4.52 Å². The van der Waals surface area contributed by atoms with Crippen LogP contribution in [0.4, 0.5) is 5.95 Å². The highest BCUT2D eigenvalue weighted by Gasteiger charge is 2.19. The molecule has 2 rings (SSSR count). The summed E-state index contributed by atoms with van der Waals surface area (Å²) in [5.74, 6) is 0.626. The zero-order valence-electron chi connectivity index (χ0n) is 10.7. The van der Waals surface area contributed by atoms with Gasteiger partial charge in [0, 0.05) is 12.8 Å². The molecule has 0 aliphatic heterocycles. The minimum atomic E-state index is -0.187. The van der Waals surface area contributed by atoms with E-state index in [0.29, 0.717) is 12.6 Å². The Morgan fingerprint density at radius 3 is 2.82 bits per heavy atom. The lowest BCUT2D eigenvalue weighted by Gasteiger charge is -2.24. The van der Waals surface area contributed by atoms with Crippen LogP contribution in [-0.2, 0) is 4.74 Å². The van der Waals surface area contributed by atoms with E-state index in [-0.39, 0.29) is 5.54 Å². The van der Waals surface area contributed by atoms with Crippen molar-refractivity contribution in [3.05, 3.63) is 23.9 Å². The van der Waals surface area contributed by atoms with E-state index in [0.717, 1.165) is 11.3 Å². The molecule has 2 aromatic heterocycles. The first-order chi connectivity index (χ1) is 8.02. The molecule has 0 spiro atoms. The molecule has 0 atom stereocenters. The minimum Gasteiger partial charge on any atom is -0.382 e. The summed E-state index contributed by atoms with van der Waals surface area (Å²) in [6.45, 7) is 6.71. The van der Waals surface area contributed by atoms with Crippen molar-refractivity contribution in [3.63, 3.8) is 0 Å². The molecule has 5 heteroatoms. The molecular formula is C12H18N4O. The summed E-state index contributed by atoms with van der Waals surface area (Å²) < 4.78 is 6.98. The fourth-order valence-corrected chi connectivity index (χ4v) is 1.79. The van der Waals surface area contributed by atoms with E-state index in [1.54, 1.807) is 7.11 Å². The lowest BCUT2D eigenvalue weighted by Crippen LogP contribution is -2.36. The minimum absolute atomic E-state index is 0.187. The fourth-order valence-electron chi connectivity index (χ4n) is 1.79. The van der Waals surface area contributed by atoms with Crippen LogP contribution in [0.2, 0.25) is 0 Å². The second-order valence-corrected chi connectivity index (χ2v) is 4.81. The number of methoxy groups -OCH3 is 1. The number of nitrogens with one attached hydrogen (secondary N) is 1. The lowest BCUT2D eigenvalue weighted by molar-refractivity contribution is 0.158. The summed E-state index contributed by atoms with van der Waals surface area (Å²) in [4.78, 5) is 4.43. The van der Waals surface area contributed by atoms with Crippen molar-refractivity contribution < 1.29 is 4.74 Å². The largest absolute Gasteiger partial charge is 0.382 e. The summed E-state index contributed by atoms with van der Waals surface area (Å²) >= 11 is 0. The summed E-state index contributed by atoms with van der Waals surface area (Å²) in [5.41, 5.74) is 1.72. The molecule has 0 aliphatic rings. The molecule has 0 amide bonds. The van der Waals surface area contributed by atoms with E-state index in [1.807, 2.05) is 29.6 Å². The van der Waals surface area contributed by atoms with Crippen LogP contribution >= 0.6 is 0 Å². The third-order valence-electron chi connectivity index (χ3n) is 2.50. The first-order valence-electron chi connectivity index (χ1n) is 5.61. The molecule has 0 fully saturated rings. The van der Waals surface area contributed by atoms with Crippen molar-refractivity contribution in [2.75, 3.05) is 19.0 Å². The van der Waals surface area contributed by atoms with Gasteiger partial charge in [-0.1, -0.05) is 6.07 Å². The zero-order valence-corrected chi connectivity index (χ0v) is 10.7. The van der Waals surface area contributed by atoms with Gasteiger partial charge in [-0.3, -0.25) is 0 Å². The quantitative estimate of drug-likeness (QED) is 0.877. The predicted octanol–water partition coefficient (Wildman–Crippen LogP) is 1.87. The van der Waals surface area contributed by atoms with Crippen LogP contribution in [0, 0.1) is 6.92 Å². The zero-order chi connectivity index (χ0) is 12.5. The molecule has 0 unspecified atom stereocenters. The summed E-state index contributed by atoms with van der Waals surface area (Å²) in [6, 6.07) is 5.92. The van der Waals surface area contributed by atoms with E-state index < -0.39 is 0 Å². The van der Waals surface area contributed by atoms with E-state index in [9.17, 15) is 0 Å². The monoisotopic (exact) mass is 234 g/mol. The average Bonchev–Trinajstić information content (AvgIpc) is 2.60. The average molecular weight is 234 g/mol. The Bertz CT molecular complexity index is 518. The van der Waals surface area contributed by atoms with Crippen molar-refractivity contribution in [2.45, 2.75) is 26.3 Å². The Kier molecular flexibility index (Phi) is 3.02. The maximum Gasteiger partial charge on any atom is 0.243 e. The molecule has 0 bridgehead atoms. The number of nitrogens with zero attached hydrogens (tertiary/aromatic N) is 3. The highest BCUT2D eigenvalue weighted by atomic mass is 16.5. The maximum absolute atomic E-state index is 5.15. The van der Waals surface area contributed by atoms with Gasteiger partial charge in [0.1, 0.15) is 0 Å². The van der Waals surface area contributed by atoms with Gasteiger partial charge in [0.05, 0.1) is 12.1 Å². The Labute approximate surface area is 101 Å². The van der Waals surface area contributed by atoms with Crippen LogP contribution in [-0.4, -0.2) is 33.9 Å². The Hall–Kier alpha value is -1.62. The van der Waals surface area contributed by atoms with E-state index in [1.165, 1.54) is 0 Å². The number of hydrogen-bond acceptors (Lipinski definition) is 4. The number of fused-ring (bicyclic) bond motifs is 1. The van der Waals surface area contributed by atoms with Crippen LogP contribution in [0.15, 0.2) is 18.2 Å². The van der Waals surface area contributed by atoms with E-state index in [4.69, 9.17) is 4.74 Å². The second kappa shape index (κ2) is 4.33. The number of ether oxygens (including phenoxy) is 1. The van der Waals surface area contributed by atoms with E-state index >= 15 is 0 Å². The van der Waals surface area contributed by atoms with Crippen molar-refractivity contribution in [3.8, 4) is 0 Å². The number of anilines is 1. The Morgan fingerprint density at radius 1 is 1.41 bits per heavy atom. The molecule has 2 heterocycles. The van der Waals surface area contributed by atoms with Crippen molar-refractivity contribution >= 4 is 11.6 Å². The number of rotatable bonds is 4. The molecule has 0 aliphatic carbocycles. The highest BCUT2D eigenvalue weighted by Crippen LogP contribution is 2.13. The van der Waals surface area contributed by atoms with Gasteiger partial charge in [0.2, 0.25) is 5.95 Å². The number of aromatic nitrogens is 3. The molecule has 0 radical (unpaired) electrons. The van der Waals surface area contributed by atoms with Crippen LogP contribution in [0.1, 0.15) is 19.5 Å². The van der Waals surface area contributed by atoms with Crippen LogP contribution in [0.3, 0.4) is 0 Å². The van der Waals surface area contributed by atoms with Crippen molar-refractivity contribution in [1.82, 2.24) is 14.6 Å². The van der Waals surface area contributed by atoms with Gasteiger partial charge in [0.15, 0.2) is 5.65 Å². The van der Waals surface area contributed by atoms with Crippen LogP contribution < -0.4 is 5.32 Å². The standard InChI is InChI=1S/C12H18N4O/c1-9-6-5-7-10-13-11(15-16(9)10)14-12(2,3)8-17-4/h5-7H,8H2,1-4H3,(H,14,15). The van der Waals surface area contributed by atoms with Crippen molar-refractivity contribution in [1.29, 1.82) is 0 Å². The van der Waals surface area contributed by atoms with Gasteiger partial charge in [-0.15, -0.1) is 5.10 Å². The first kappa shape index (κ1) is 11.9. The molecule has 0 saturated carbocycles. The number of pyridine rings is 1. The fraction of sp³-hybridized carbons (Fsp3) is 0.500. The molecule has 2 aromatic rings. The predicted molar refractivity (Wildman–Crippen MR) is 67.3 cm³/mol. The molecule has 17 heavy (non-hydrogen) atoms. The lowest BCUT2D eigenvalue weighted by atomic mass is 10.1. The van der Waals surface area contributed by atoms with Gasteiger partial charge >= 0.3 is 0 Å². The van der Waals surface area contributed by atoms with Gasteiger partial charge in [-0.2, -0.15) is 4.98 Å². The van der Waals surface area contributed by atoms with E-state index in [2.05, 4.69) is 29.2 Å². The highest BCUT2D eigenvalue weighted by molar-refractivity contribution is 5.45. The topological polar surface area (TPSA) is 51.5 Å². The SMILES string of the molecule is COCC(C)(C)Nc1nc2cccc(C)n2n1. The van der Waals surface area contributed by atoms with Gasteiger partial charge in [0.25, 0.3) is 0 Å². The molecule has 92 valence electrons. The van der Waals surface area contributed by atoms with Crippen LogP contribution in [0.5, 0.6) is 0 Å². The summed E-state index contributed by atoms with van der Waals surface area (Å²) in [7, 11) is 1.69. The normalized spacial score (nSPS) is 12.0. The molecule has 1 N–H and O–H groups in total. The van der Waals surface area contributed by atoms with Crippen LogP contribution in [0.25, 0.3) is 5.65 Å². The third kappa shape index (κ3) is 2.55. The van der Waals surface area contributed by atoms with Gasteiger partial charge in [-0.05, 0) is 32.9 Å². The van der Waals surface area contributed by atoms with Gasteiger partial charge < -0.3 is 10.1 Å². The Balaban J connectivity index is 2.28. The smallest absolute Gasteiger partial charge is 0.243 e. The second-order valence-electron chi connectivity index (χ2n) is 4.81. The third-order valence-corrected chi connectivity index (χ3v) is 2.50. The summed E-state index contributed by atoms with van der Waals surface area (Å²) in [6.07, 6.45) is 0. The number of hydrogen-bond donors (Lipinski definition) is 1. The summed E-state index contributed by atoms with van der Waals surface area (Å²) in [5, 5.41) is 7.69. The Morgan fingerprint density at radius 2 is 2.18 bits per heavy atom. The number of aryl methyl sites for hydroxylation is 1. The first-order valence-corrected chi connectivity index (χ1v) is 5.61. The molecule has 0 saturated heterocycles. The maximum atomic E-state index is 5.15. The molecular weight excluding hydrogens is 216 g/mol.